The zero-order valence-corrected chi connectivity index (χ0v) is 43.5. The minimum atomic E-state index is -0.0396. The molecule has 1 aliphatic carbocycles. The molecule has 0 spiro atoms. The van der Waals surface area contributed by atoms with E-state index in [9.17, 15) is 0 Å². The maximum atomic E-state index is 2.42. The first-order valence-corrected chi connectivity index (χ1v) is 27.9. The third-order valence-corrected chi connectivity index (χ3v) is 15.6. The van der Waals surface area contributed by atoms with Gasteiger partial charge < -0.3 is 9.80 Å². The zero-order valence-electron chi connectivity index (χ0n) is 43.5. The molecule has 0 saturated heterocycles. The van der Waals surface area contributed by atoms with Crippen LogP contribution in [0.5, 0.6) is 0 Å². The molecule has 0 aromatic heterocycles. The third-order valence-electron chi connectivity index (χ3n) is 15.6. The van der Waals surface area contributed by atoms with Gasteiger partial charge in [-0.25, -0.2) is 0 Å². The highest BCUT2D eigenvalue weighted by Crippen LogP contribution is 2.47. The molecule has 8 aromatic rings. The normalized spacial score (nSPS) is 13.2. The number of para-hydroxylation sites is 2. The number of hydrogen-bond donors (Lipinski definition) is 0. The molecule has 0 radical (unpaired) electrons. The number of rotatable bonds is 24. The van der Waals surface area contributed by atoms with Crippen molar-refractivity contribution in [1.82, 2.24) is 0 Å². The summed E-state index contributed by atoms with van der Waals surface area (Å²) in [7, 11) is 0. The van der Waals surface area contributed by atoms with Gasteiger partial charge in [0, 0.05) is 39.5 Å². The average molecular weight is 947 g/mol. The second-order valence-corrected chi connectivity index (χ2v) is 20.6. The summed E-state index contributed by atoms with van der Waals surface area (Å²) in [6, 6.07) is 77.6. The summed E-state index contributed by atoms with van der Waals surface area (Å²) >= 11 is 0. The maximum Gasteiger partial charge on any atom is 0.0462 e. The molecular weight excluding hydrogens is 869 g/mol. The smallest absolute Gasteiger partial charge is 0.0462 e. The first kappa shape index (κ1) is 50.3. The Morgan fingerprint density at radius 3 is 0.931 bits per heavy atom. The van der Waals surface area contributed by atoms with E-state index in [1.54, 1.807) is 0 Å². The molecule has 0 amide bonds. The molecule has 368 valence electrons. The summed E-state index contributed by atoms with van der Waals surface area (Å²) in [5, 5.41) is 0. The molecule has 8 aromatic carbocycles. The van der Waals surface area contributed by atoms with Crippen molar-refractivity contribution in [3.05, 3.63) is 229 Å². The van der Waals surface area contributed by atoms with Crippen LogP contribution < -0.4 is 9.80 Å². The number of aryl methyl sites for hydroxylation is 2. The van der Waals surface area contributed by atoms with Gasteiger partial charge in [0.25, 0.3) is 0 Å². The van der Waals surface area contributed by atoms with Crippen LogP contribution in [0.1, 0.15) is 145 Å². The molecule has 1 saturated carbocycles. The van der Waals surface area contributed by atoms with Crippen LogP contribution in [0.15, 0.2) is 206 Å². The van der Waals surface area contributed by atoms with Gasteiger partial charge in [-0.05, 0) is 156 Å². The van der Waals surface area contributed by atoms with E-state index in [4.69, 9.17) is 0 Å². The second-order valence-electron chi connectivity index (χ2n) is 20.6. The molecule has 0 bridgehead atoms. The van der Waals surface area contributed by atoms with E-state index < -0.39 is 0 Å². The number of anilines is 6. The Hall–Kier alpha value is -6.64. The van der Waals surface area contributed by atoms with Gasteiger partial charge in [0.2, 0.25) is 0 Å². The van der Waals surface area contributed by atoms with Crippen LogP contribution in [0.2, 0.25) is 0 Å². The minimum Gasteiger partial charge on any atom is -0.311 e. The van der Waals surface area contributed by atoms with Gasteiger partial charge in [-0.3, -0.25) is 0 Å². The highest BCUT2D eigenvalue weighted by atomic mass is 15.1. The van der Waals surface area contributed by atoms with Gasteiger partial charge in [-0.15, -0.1) is 0 Å². The predicted molar refractivity (Wildman–Crippen MR) is 311 cm³/mol. The van der Waals surface area contributed by atoms with Crippen LogP contribution in [0.3, 0.4) is 0 Å². The zero-order chi connectivity index (χ0) is 49.2. The fraction of sp³-hybridized carbons (Fsp3) is 0.314. The molecule has 9 rings (SSSR count). The minimum absolute atomic E-state index is 0.0396. The third kappa shape index (κ3) is 12.7. The number of nitrogens with zero attached hydrogens (tertiary/aromatic N) is 2. The molecule has 0 N–H and O–H groups in total. The molecule has 2 heteroatoms. The van der Waals surface area contributed by atoms with Crippen molar-refractivity contribution in [2.75, 3.05) is 9.80 Å². The van der Waals surface area contributed by atoms with E-state index in [1.807, 2.05) is 0 Å². The van der Waals surface area contributed by atoms with Crippen molar-refractivity contribution >= 4 is 34.1 Å². The first-order valence-electron chi connectivity index (χ1n) is 27.9. The summed E-state index contributed by atoms with van der Waals surface area (Å²) in [5.41, 5.74) is 17.7. The maximum absolute atomic E-state index is 2.42. The van der Waals surface area contributed by atoms with Gasteiger partial charge in [0.15, 0.2) is 0 Å². The standard InChI is InChI=1S/C70H78N2/c1-3-5-7-9-11-16-24-56-30-34-58(35-31-56)60-38-46-66(47-39-60)71(64-26-18-13-19-27-64)68-50-42-62(43-51-68)70(54-22-15-23-55-70)63-44-52-69(53-45-63)72(65-28-20-14-21-29-65)67-48-40-61(41-49-67)59-36-32-57(33-37-59)25-17-12-10-8-6-4-2/h13-14,18-21,26-53H,3-12,15-17,22-25,54-55H2,1-2H3. The first-order chi connectivity index (χ1) is 35.6. The Labute approximate surface area is 433 Å². The monoisotopic (exact) mass is 947 g/mol. The molecule has 0 heterocycles. The molecule has 1 fully saturated rings. The van der Waals surface area contributed by atoms with Crippen molar-refractivity contribution in [2.45, 2.75) is 141 Å². The summed E-state index contributed by atoms with van der Waals surface area (Å²) in [5.74, 6) is 0. The van der Waals surface area contributed by atoms with Crippen molar-refractivity contribution in [3.63, 3.8) is 0 Å². The van der Waals surface area contributed by atoms with Crippen molar-refractivity contribution in [1.29, 1.82) is 0 Å². The topological polar surface area (TPSA) is 6.48 Å². The Morgan fingerprint density at radius 1 is 0.292 bits per heavy atom. The average Bonchev–Trinajstić information content (AvgIpc) is 3.45. The van der Waals surface area contributed by atoms with E-state index in [0.717, 1.165) is 35.6 Å². The fourth-order valence-corrected chi connectivity index (χ4v) is 11.4. The van der Waals surface area contributed by atoms with Gasteiger partial charge >= 0.3 is 0 Å². The lowest BCUT2D eigenvalue weighted by molar-refractivity contribution is 0.346. The lowest BCUT2D eigenvalue weighted by atomic mass is 9.65. The highest BCUT2D eigenvalue weighted by Gasteiger charge is 2.36. The molecule has 0 aliphatic heterocycles. The molecule has 1 aliphatic rings. The molecular formula is C70H78N2. The van der Waals surface area contributed by atoms with Gasteiger partial charge in [0.05, 0.1) is 0 Å². The SMILES string of the molecule is CCCCCCCCc1ccc(-c2ccc(N(c3ccccc3)c3ccc(C4(c5ccc(N(c6ccccc6)c6ccc(-c7ccc(CCCCCCCC)cc7)cc6)cc5)CCCCC4)cc3)cc2)cc1. The Morgan fingerprint density at radius 2 is 0.583 bits per heavy atom. The van der Waals surface area contributed by atoms with Crippen molar-refractivity contribution in [3.8, 4) is 22.3 Å². The molecule has 0 unspecified atom stereocenters. The summed E-state index contributed by atoms with van der Waals surface area (Å²) in [6.07, 6.45) is 24.4. The van der Waals surface area contributed by atoms with E-state index in [-0.39, 0.29) is 5.41 Å². The van der Waals surface area contributed by atoms with Gasteiger partial charge in [-0.1, -0.05) is 231 Å². The molecule has 2 nitrogen and oxygen atoms in total. The van der Waals surface area contributed by atoms with Crippen LogP contribution in [0.25, 0.3) is 22.3 Å². The van der Waals surface area contributed by atoms with Crippen LogP contribution in [-0.2, 0) is 18.3 Å². The second kappa shape index (κ2) is 25.7. The van der Waals surface area contributed by atoms with E-state index in [2.05, 4.69) is 230 Å². The van der Waals surface area contributed by atoms with Crippen LogP contribution in [0, 0.1) is 0 Å². The number of hydrogen-bond acceptors (Lipinski definition) is 2. The van der Waals surface area contributed by atoms with Gasteiger partial charge in [-0.2, -0.15) is 0 Å². The van der Waals surface area contributed by atoms with E-state index in [1.165, 1.54) is 165 Å². The Balaban J connectivity index is 0.923. The van der Waals surface area contributed by atoms with Crippen molar-refractivity contribution < 1.29 is 0 Å². The van der Waals surface area contributed by atoms with Crippen molar-refractivity contribution in [2.24, 2.45) is 0 Å². The molecule has 72 heavy (non-hydrogen) atoms. The van der Waals surface area contributed by atoms with E-state index >= 15 is 0 Å². The highest BCUT2D eigenvalue weighted by molar-refractivity contribution is 5.80. The Bertz CT molecular complexity index is 2600. The Kier molecular flexibility index (Phi) is 17.9. The summed E-state index contributed by atoms with van der Waals surface area (Å²) < 4.78 is 0. The summed E-state index contributed by atoms with van der Waals surface area (Å²) in [4.78, 5) is 4.80. The lowest BCUT2D eigenvalue weighted by Gasteiger charge is -2.39. The number of unbranched alkanes of at least 4 members (excludes halogenated alkanes) is 10. The fourth-order valence-electron chi connectivity index (χ4n) is 11.4. The van der Waals surface area contributed by atoms with E-state index in [0.29, 0.717) is 0 Å². The number of benzene rings is 8. The lowest BCUT2D eigenvalue weighted by Crippen LogP contribution is -2.30. The van der Waals surface area contributed by atoms with Crippen LogP contribution >= 0.6 is 0 Å². The van der Waals surface area contributed by atoms with Crippen LogP contribution in [-0.4, -0.2) is 0 Å². The largest absolute Gasteiger partial charge is 0.311 e. The summed E-state index contributed by atoms with van der Waals surface area (Å²) in [6.45, 7) is 4.57. The van der Waals surface area contributed by atoms with Crippen LogP contribution in [0.4, 0.5) is 34.1 Å². The quantitative estimate of drug-likeness (QED) is 0.0557. The van der Waals surface area contributed by atoms with Gasteiger partial charge in [0.1, 0.15) is 0 Å². The molecule has 0 atom stereocenters. The predicted octanol–water partition coefficient (Wildman–Crippen LogP) is 21.0.